The monoisotopic (exact) mass is 267 g/mol. The van der Waals surface area contributed by atoms with Crippen LogP contribution in [0.2, 0.25) is 0 Å². The number of carbonyl (C=O) groups is 1. The summed E-state index contributed by atoms with van der Waals surface area (Å²) in [6.07, 6.45) is 0.701. The fraction of sp³-hybridized carbons (Fsp3) is 0.417. The zero-order chi connectivity index (χ0) is 14.4. The van der Waals surface area contributed by atoms with Gasteiger partial charge in [-0.05, 0) is 19.0 Å². The number of hydrogen-bond acceptors (Lipinski definition) is 5. The van der Waals surface area contributed by atoms with Crippen LogP contribution >= 0.6 is 0 Å². The lowest BCUT2D eigenvalue weighted by Crippen LogP contribution is -2.29. The van der Waals surface area contributed by atoms with Crippen molar-refractivity contribution in [2.45, 2.75) is 6.42 Å². The Hall–Kier alpha value is -2.15. The minimum atomic E-state index is -0.550. The van der Waals surface area contributed by atoms with Crippen LogP contribution in [0.1, 0.15) is 16.8 Å². The van der Waals surface area contributed by atoms with Gasteiger partial charge >= 0.3 is 5.69 Å². The SMILES string of the molecule is COc1cc(C(=O)N(C)CCCN)ccc1[N+](=O)[O-]. The number of benzene rings is 1. The number of nitrogens with two attached hydrogens (primary N) is 1. The zero-order valence-electron chi connectivity index (χ0n) is 11.0. The Bertz CT molecular complexity index is 476. The minimum absolute atomic E-state index is 0.0723. The molecule has 1 aromatic rings. The van der Waals surface area contributed by atoms with Gasteiger partial charge in [0.25, 0.3) is 5.91 Å². The summed E-state index contributed by atoms with van der Waals surface area (Å²) in [7, 11) is 2.99. The van der Waals surface area contributed by atoms with Crippen molar-refractivity contribution in [2.75, 3.05) is 27.2 Å². The van der Waals surface area contributed by atoms with Crippen LogP contribution in [0, 0.1) is 10.1 Å². The first-order valence-electron chi connectivity index (χ1n) is 5.79. The highest BCUT2D eigenvalue weighted by molar-refractivity contribution is 5.94. The van der Waals surface area contributed by atoms with Crippen molar-refractivity contribution in [1.82, 2.24) is 4.90 Å². The number of amides is 1. The molecule has 1 aromatic carbocycles. The lowest BCUT2D eigenvalue weighted by atomic mass is 10.1. The molecule has 0 unspecified atom stereocenters. The first kappa shape index (κ1) is 14.9. The largest absolute Gasteiger partial charge is 0.490 e. The molecule has 1 amide bonds. The highest BCUT2D eigenvalue weighted by Gasteiger charge is 2.19. The molecule has 0 aliphatic carbocycles. The van der Waals surface area contributed by atoms with Gasteiger partial charge in [-0.25, -0.2) is 0 Å². The van der Waals surface area contributed by atoms with Crippen molar-refractivity contribution < 1.29 is 14.5 Å². The lowest BCUT2D eigenvalue weighted by molar-refractivity contribution is -0.385. The molecular weight excluding hydrogens is 250 g/mol. The summed E-state index contributed by atoms with van der Waals surface area (Å²) in [5, 5.41) is 10.8. The number of ether oxygens (including phenoxy) is 1. The molecule has 0 aliphatic heterocycles. The maximum absolute atomic E-state index is 12.1. The summed E-state index contributed by atoms with van der Waals surface area (Å²) in [6, 6.07) is 4.06. The summed E-state index contributed by atoms with van der Waals surface area (Å²) < 4.78 is 4.93. The average Bonchev–Trinajstić information content (AvgIpc) is 2.42. The van der Waals surface area contributed by atoms with Crippen molar-refractivity contribution in [2.24, 2.45) is 5.73 Å². The third-order valence-electron chi connectivity index (χ3n) is 2.67. The van der Waals surface area contributed by atoms with Gasteiger partial charge in [0.2, 0.25) is 0 Å². The van der Waals surface area contributed by atoms with Gasteiger partial charge in [-0.1, -0.05) is 0 Å². The third-order valence-corrected chi connectivity index (χ3v) is 2.67. The number of rotatable bonds is 6. The van der Waals surface area contributed by atoms with Gasteiger partial charge in [0.15, 0.2) is 5.75 Å². The molecule has 104 valence electrons. The van der Waals surface area contributed by atoms with E-state index in [4.69, 9.17) is 10.5 Å². The van der Waals surface area contributed by atoms with Crippen LogP contribution in [0.5, 0.6) is 5.75 Å². The van der Waals surface area contributed by atoms with E-state index in [-0.39, 0.29) is 17.3 Å². The minimum Gasteiger partial charge on any atom is -0.490 e. The van der Waals surface area contributed by atoms with Crippen LogP contribution in [0.4, 0.5) is 5.69 Å². The van der Waals surface area contributed by atoms with Crippen molar-refractivity contribution >= 4 is 11.6 Å². The van der Waals surface area contributed by atoms with Gasteiger partial charge in [0.05, 0.1) is 12.0 Å². The second-order valence-electron chi connectivity index (χ2n) is 4.01. The van der Waals surface area contributed by atoms with E-state index in [1.807, 2.05) is 0 Å². The quantitative estimate of drug-likeness (QED) is 0.613. The maximum Gasteiger partial charge on any atom is 0.310 e. The second kappa shape index (κ2) is 6.69. The van der Waals surface area contributed by atoms with E-state index < -0.39 is 4.92 Å². The lowest BCUT2D eigenvalue weighted by Gasteiger charge is -2.16. The van der Waals surface area contributed by atoms with Gasteiger partial charge in [0.1, 0.15) is 0 Å². The van der Waals surface area contributed by atoms with Crippen LogP contribution in [0.3, 0.4) is 0 Å². The summed E-state index contributed by atoms with van der Waals surface area (Å²) >= 11 is 0. The van der Waals surface area contributed by atoms with Crippen molar-refractivity contribution in [3.63, 3.8) is 0 Å². The first-order chi connectivity index (χ1) is 9.01. The Balaban J connectivity index is 2.95. The summed E-state index contributed by atoms with van der Waals surface area (Å²) in [5.74, 6) is -0.148. The fourth-order valence-corrected chi connectivity index (χ4v) is 1.61. The van der Waals surface area contributed by atoms with Gasteiger partial charge in [-0.2, -0.15) is 0 Å². The molecule has 0 saturated carbocycles. The molecular formula is C12H17N3O4. The van der Waals surface area contributed by atoms with E-state index in [1.54, 1.807) is 7.05 Å². The van der Waals surface area contributed by atoms with Crippen molar-refractivity contribution in [3.05, 3.63) is 33.9 Å². The molecule has 0 aliphatic rings. The standard InChI is InChI=1S/C12H17N3O4/c1-14(7-3-6-13)12(16)9-4-5-10(15(17)18)11(8-9)19-2/h4-5,8H,3,6-7,13H2,1-2H3. The maximum atomic E-state index is 12.1. The molecule has 1 rings (SSSR count). The van der Waals surface area contributed by atoms with Gasteiger partial charge in [-0.3, -0.25) is 14.9 Å². The Morgan fingerprint density at radius 1 is 1.53 bits per heavy atom. The average molecular weight is 267 g/mol. The van der Waals surface area contributed by atoms with Crippen molar-refractivity contribution in [1.29, 1.82) is 0 Å². The topological polar surface area (TPSA) is 98.7 Å². The van der Waals surface area contributed by atoms with Crippen LogP contribution < -0.4 is 10.5 Å². The van der Waals surface area contributed by atoms with E-state index >= 15 is 0 Å². The molecule has 0 heterocycles. The number of carbonyl (C=O) groups excluding carboxylic acids is 1. The molecule has 19 heavy (non-hydrogen) atoms. The molecule has 0 aromatic heterocycles. The van der Waals surface area contributed by atoms with E-state index in [1.165, 1.54) is 30.2 Å². The molecule has 2 N–H and O–H groups in total. The number of methoxy groups -OCH3 is 1. The van der Waals surface area contributed by atoms with Crippen LogP contribution in [-0.2, 0) is 0 Å². The van der Waals surface area contributed by atoms with Crippen LogP contribution in [0.15, 0.2) is 18.2 Å². The van der Waals surface area contributed by atoms with E-state index in [2.05, 4.69) is 0 Å². The number of nitrogens with zero attached hydrogens (tertiary/aromatic N) is 2. The molecule has 0 radical (unpaired) electrons. The molecule has 0 spiro atoms. The Morgan fingerprint density at radius 3 is 2.74 bits per heavy atom. The Kier molecular flexibility index (Phi) is 5.25. The number of nitro groups is 1. The third kappa shape index (κ3) is 3.65. The van der Waals surface area contributed by atoms with E-state index in [9.17, 15) is 14.9 Å². The van der Waals surface area contributed by atoms with Crippen molar-refractivity contribution in [3.8, 4) is 5.75 Å². The predicted octanol–water partition coefficient (Wildman–Crippen LogP) is 1.02. The van der Waals surface area contributed by atoms with Crippen LogP contribution in [0.25, 0.3) is 0 Å². The zero-order valence-corrected chi connectivity index (χ0v) is 11.0. The number of hydrogen-bond donors (Lipinski definition) is 1. The molecule has 0 atom stereocenters. The van der Waals surface area contributed by atoms with Gasteiger partial charge < -0.3 is 15.4 Å². The molecule has 0 saturated heterocycles. The van der Waals surface area contributed by atoms with Crippen LogP contribution in [-0.4, -0.2) is 43.0 Å². The molecule has 0 bridgehead atoms. The Morgan fingerprint density at radius 2 is 2.21 bits per heavy atom. The Labute approximate surface area is 111 Å². The van der Waals surface area contributed by atoms with Gasteiger partial charge in [0, 0.05) is 31.3 Å². The van der Waals surface area contributed by atoms with E-state index in [0.29, 0.717) is 25.1 Å². The second-order valence-corrected chi connectivity index (χ2v) is 4.01. The number of nitro benzene ring substituents is 1. The smallest absolute Gasteiger partial charge is 0.310 e. The first-order valence-corrected chi connectivity index (χ1v) is 5.79. The normalized spacial score (nSPS) is 10.1. The van der Waals surface area contributed by atoms with Gasteiger partial charge in [-0.15, -0.1) is 0 Å². The highest BCUT2D eigenvalue weighted by atomic mass is 16.6. The summed E-state index contributed by atoms with van der Waals surface area (Å²) in [5.41, 5.74) is 5.57. The molecule has 0 fully saturated rings. The fourth-order valence-electron chi connectivity index (χ4n) is 1.61. The highest BCUT2D eigenvalue weighted by Crippen LogP contribution is 2.27. The summed E-state index contributed by atoms with van der Waals surface area (Å²) in [4.78, 5) is 23.8. The molecule has 7 heteroatoms. The molecule has 7 nitrogen and oxygen atoms in total. The summed E-state index contributed by atoms with van der Waals surface area (Å²) in [6.45, 7) is 1.04. The predicted molar refractivity (Wildman–Crippen MR) is 70.3 cm³/mol. The van der Waals surface area contributed by atoms with E-state index in [0.717, 1.165) is 0 Å².